The molecule has 3 nitrogen and oxygen atoms in total. The highest BCUT2D eigenvalue weighted by Crippen LogP contribution is 2.49. The fraction of sp³-hybridized carbons (Fsp3) is 0. The van der Waals surface area contributed by atoms with Crippen molar-refractivity contribution in [2.75, 3.05) is 0 Å². The summed E-state index contributed by atoms with van der Waals surface area (Å²) < 4.78 is 5.73. The van der Waals surface area contributed by atoms with Gasteiger partial charge >= 0.3 is 0 Å². The van der Waals surface area contributed by atoms with Crippen LogP contribution in [0.25, 0.3) is 0 Å². The Hall–Kier alpha value is -1.85. The molecule has 0 amide bonds. The topological polar surface area (TPSA) is 56.8 Å². The monoisotopic (exact) mass is 318 g/mol. The zero-order valence-electron chi connectivity index (χ0n) is 9.78. The van der Waals surface area contributed by atoms with Crippen molar-refractivity contribution in [2.24, 2.45) is 0 Å². The second kappa shape index (κ2) is 4.92. The highest BCUT2D eigenvalue weighted by molar-refractivity contribution is 7.99. The van der Waals surface area contributed by atoms with Gasteiger partial charge in [-0.2, -0.15) is 10.5 Å². The first-order chi connectivity index (χ1) is 9.62. The normalized spacial score (nSPS) is 11.6. The van der Waals surface area contributed by atoms with Gasteiger partial charge in [0.15, 0.2) is 0 Å². The van der Waals surface area contributed by atoms with Crippen molar-refractivity contribution < 1.29 is 4.74 Å². The molecule has 0 fully saturated rings. The quantitative estimate of drug-likeness (QED) is 0.585. The van der Waals surface area contributed by atoms with Gasteiger partial charge in [-0.1, -0.05) is 35.0 Å². The molecule has 0 atom stereocenters. The lowest BCUT2D eigenvalue weighted by Crippen LogP contribution is -1.97. The van der Waals surface area contributed by atoms with E-state index < -0.39 is 0 Å². The van der Waals surface area contributed by atoms with Crippen LogP contribution in [0, 0.1) is 22.7 Å². The number of nitriles is 2. The van der Waals surface area contributed by atoms with Gasteiger partial charge in [-0.05, 0) is 12.1 Å². The highest BCUT2D eigenvalue weighted by atomic mass is 35.5. The van der Waals surface area contributed by atoms with Gasteiger partial charge in [-0.3, -0.25) is 0 Å². The molecule has 2 aromatic rings. The highest BCUT2D eigenvalue weighted by Gasteiger charge is 2.21. The predicted molar refractivity (Wildman–Crippen MR) is 76.5 cm³/mol. The van der Waals surface area contributed by atoms with Crippen molar-refractivity contribution in [3.8, 4) is 23.6 Å². The van der Waals surface area contributed by atoms with E-state index in [1.807, 2.05) is 12.1 Å². The van der Waals surface area contributed by atoms with Crippen LogP contribution in [0.15, 0.2) is 34.1 Å². The molecule has 0 aliphatic carbocycles. The van der Waals surface area contributed by atoms with Crippen LogP contribution >= 0.6 is 35.0 Å². The van der Waals surface area contributed by atoms with E-state index in [-0.39, 0.29) is 0 Å². The van der Waals surface area contributed by atoms with Crippen molar-refractivity contribution in [1.29, 1.82) is 10.5 Å². The number of rotatable bonds is 0. The number of fused-ring (bicyclic) bond motifs is 2. The van der Waals surface area contributed by atoms with Crippen LogP contribution in [0.1, 0.15) is 11.1 Å². The molecule has 1 aliphatic heterocycles. The molecule has 0 saturated carbocycles. The van der Waals surface area contributed by atoms with Crippen molar-refractivity contribution in [2.45, 2.75) is 9.79 Å². The van der Waals surface area contributed by atoms with Crippen LogP contribution in [0.5, 0.6) is 11.5 Å². The van der Waals surface area contributed by atoms with E-state index in [0.29, 0.717) is 32.7 Å². The summed E-state index contributed by atoms with van der Waals surface area (Å²) in [6.45, 7) is 0. The van der Waals surface area contributed by atoms with Gasteiger partial charge < -0.3 is 4.74 Å². The van der Waals surface area contributed by atoms with Crippen molar-refractivity contribution in [1.82, 2.24) is 0 Å². The lowest BCUT2D eigenvalue weighted by atomic mass is 10.2. The van der Waals surface area contributed by atoms with Gasteiger partial charge in [0.2, 0.25) is 0 Å². The summed E-state index contributed by atoms with van der Waals surface area (Å²) in [6.07, 6.45) is 0. The fourth-order valence-corrected chi connectivity index (χ4v) is 3.18. The maximum absolute atomic E-state index is 8.99. The summed E-state index contributed by atoms with van der Waals surface area (Å²) in [5.74, 6) is 1.15. The summed E-state index contributed by atoms with van der Waals surface area (Å²) in [5.41, 5.74) is 0.777. The van der Waals surface area contributed by atoms with Crippen LogP contribution < -0.4 is 4.74 Å². The molecule has 0 spiro atoms. The largest absolute Gasteiger partial charge is 0.455 e. The van der Waals surface area contributed by atoms with Crippen molar-refractivity contribution in [3.05, 3.63) is 45.4 Å². The van der Waals surface area contributed by atoms with E-state index in [1.54, 1.807) is 24.3 Å². The first kappa shape index (κ1) is 13.1. The van der Waals surface area contributed by atoms with Crippen LogP contribution in [0.2, 0.25) is 10.0 Å². The number of benzene rings is 2. The van der Waals surface area contributed by atoms with E-state index >= 15 is 0 Å². The van der Waals surface area contributed by atoms with Gasteiger partial charge in [0.05, 0.1) is 31.0 Å². The molecule has 6 heteroatoms. The van der Waals surface area contributed by atoms with Gasteiger partial charge in [0.1, 0.15) is 23.6 Å². The van der Waals surface area contributed by atoms with Crippen LogP contribution in [-0.4, -0.2) is 0 Å². The molecule has 0 saturated heterocycles. The molecule has 0 radical (unpaired) electrons. The molecule has 3 rings (SSSR count). The van der Waals surface area contributed by atoms with Crippen LogP contribution in [-0.2, 0) is 0 Å². The van der Waals surface area contributed by atoms with Gasteiger partial charge in [0, 0.05) is 12.1 Å². The SMILES string of the molecule is N#Cc1cc2c(cc1Cl)Oc1cc(Cl)c(C#N)cc1S2. The smallest absolute Gasteiger partial charge is 0.142 e. The molecule has 0 N–H and O–H groups in total. The molecular weight excluding hydrogens is 315 g/mol. The Bertz CT molecular complexity index is 754. The van der Waals surface area contributed by atoms with E-state index in [1.165, 1.54) is 11.8 Å². The minimum Gasteiger partial charge on any atom is -0.455 e. The maximum Gasteiger partial charge on any atom is 0.142 e. The minimum absolute atomic E-state index is 0.343. The summed E-state index contributed by atoms with van der Waals surface area (Å²) in [5, 5.41) is 18.7. The number of nitrogens with zero attached hydrogens (tertiary/aromatic N) is 2. The third-order valence-corrected chi connectivity index (χ3v) is 4.45. The molecule has 1 heterocycles. The Morgan fingerprint density at radius 3 is 1.70 bits per heavy atom. The van der Waals surface area contributed by atoms with Gasteiger partial charge in [-0.25, -0.2) is 0 Å². The molecule has 96 valence electrons. The molecule has 20 heavy (non-hydrogen) atoms. The average Bonchev–Trinajstić information content (AvgIpc) is 2.44. The van der Waals surface area contributed by atoms with E-state index in [2.05, 4.69) is 0 Å². The Labute approximate surface area is 129 Å². The number of ether oxygens (including phenoxy) is 1. The third kappa shape index (κ3) is 2.09. The summed E-state index contributed by atoms with van der Waals surface area (Å²) in [6, 6.07) is 10.6. The fourth-order valence-electron chi connectivity index (χ4n) is 1.80. The number of halogens is 2. The second-order valence-corrected chi connectivity index (χ2v) is 5.88. The lowest BCUT2D eigenvalue weighted by Gasteiger charge is -2.20. The van der Waals surface area contributed by atoms with E-state index in [0.717, 1.165) is 9.79 Å². The summed E-state index contributed by atoms with van der Waals surface area (Å²) >= 11 is 13.4. The Kier molecular flexibility index (Phi) is 3.23. The first-order valence-electron chi connectivity index (χ1n) is 5.45. The maximum atomic E-state index is 8.99. The third-order valence-electron chi connectivity index (χ3n) is 2.75. The summed E-state index contributed by atoms with van der Waals surface area (Å²) in [7, 11) is 0. The molecule has 2 aromatic carbocycles. The molecule has 0 bridgehead atoms. The minimum atomic E-state index is 0.343. The Morgan fingerprint density at radius 1 is 0.850 bits per heavy atom. The Morgan fingerprint density at radius 2 is 1.30 bits per heavy atom. The standard InChI is InChI=1S/C14H4Cl2N2OS/c15-9-3-11-13(1-7(9)5-17)20-14-2-8(6-18)10(16)4-12(14)19-11/h1-4H. The van der Waals surface area contributed by atoms with Crippen LogP contribution in [0.3, 0.4) is 0 Å². The van der Waals surface area contributed by atoms with Gasteiger partial charge in [0.25, 0.3) is 0 Å². The zero-order chi connectivity index (χ0) is 14.3. The van der Waals surface area contributed by atoms with Crippen molar-refractivity contribution >= 4 is 35.0 Å². The van der Waals surface area contributed by atoms with Crippen LogP contribution in [0.4, 0.5) is 0 Å². The summed E-state index contributed by atoms with van der Waals surface area (Å²) in [4.78, 5) is 1.56. The molecule has 0 aromatic heterocycles. The van der Waals surface area contributed by atoms with Gasteiger partial charge in [-0.15, -0.1) is 0 Å². The second-order valence-electron chi connectivity index (χ2n) is 3.99. The van der Waals surface area contributed by atoms with E-state index in [9.17, 15) is 0 Å². The lowest BCUT2D eigenvalue weighted by molar-refractivity contribution is 0.454. The first-order valence-corrected chi connectivity index (χ1v) is 7.02. The predicted octanol–water partition coefficient (Wildman–Crippen LogP) is 4.99. The van der Waals surface area contributed by atoms with Crippen molar-refractivity contribution in [3.63, 3.8) is 0 Å². The van der Waals surface area contributed by atoms with E-state index in [4.69, 9.17) is 38.5 Å². The molecule has 1 aliphatic rings. The molecule has 0 unspecified atom stereocenters. The Balaban J connectivity index is 2.12. The zero-order valence-corrected chi connectivity index (χ0v) is 12.1. The average molecular weight is 319 g/mol. The number of hydrogen-bond donors (Lipinski definition) is 0. The number of hydrogen-bond acceptors (Lipinski definition) is 4. The molecular formula is C14H4Cl2N2OS.